The van der Waals surface area contributed by atoms with Crippen molar-refractivity contribution in [3.8, 4) is 0 Å². The standard InChI is InChI=1S/C21H15FN2O3S/c22-15-7-2-1-6-14(15)18-17(19(25)16-8-4-10-28-16)20(26)21(27)24(18)12-13-5-3-9-23-11-13/h1-11,18,26H,12H2/t18-/m1/s1. The summed E-state index contributed by atoms with van der Waals surface area (Å²) in [4.78, 5) is 31.6. The number of thiophene rings is 1. The fourth-order valence-corrected chi connectivity index (χ4v) is 3.98. The maximum absolute atomic E-state index is 14.6. The molecule has 1 atom stereocenters. The zero-order chi connectivity index (χ0) is 19.7. The summed E-state index contributed by atoms with van der Waals surface area (Å²) in [5.41, 5.74) is 0.750. The lowest BCUT2D eigenvalue weighted by Crippen LogP contribution is -2.31. The number of aliphatic hydroxyl groups excluding tert-OH is 1. The third-order valence-corrected chi connectivity index (χ3v) is 5.44. The van der Waals surface area contributed by atoms with Crippen LogP contribution in [-0.2, 0) is 11.3 Å². The van der Waals surface area contributed by atoms with Crippen molar-refractivity contribution in [3.63, 3.8) is 0 Å². The van der Waals surface area contributed by atoms with Gasteiger partial charge in [0.1, 0.15) is 5.82 Å². The monoisotopic (exact) mass is 394 g/mol. The highest BCUT2D eigenvalue weighted by molar-refractivity contribution is 7.12. The first-order chi connectivity index (χ1) is 13.6. The molecule has 7 heteroatoms. The number of pyridine rings is 1. The number of aromatic nitrogens is 1. The molecule has 0 saturated heterocycles. The van der Waals surface area contributed by atoms with Gasteiger partial charge in [-0.1, -0.05) is 30.3 Å². The number of rotatable bonds is 5. The van der Waals surface area contributed by atoms with Crippen molar-refractivity contribution in [2.24, 2.45) is 0 Å². The number of aliphatic hydroxyl groups is 1. The van der Waals surface area contributed by atoms with Crippen molar-refractivity contribution >= 4 is 23.0 Å². The van der Waals surface area contributed by atoms with Crippen molar-refractivity contribution in [2.75, 3.05) is 0 Å². The molecule has 0 bridgehead atoms. The van der Waals surface area contributed by atoms with Gasteiger partial charge in [0.25, 0.3) is 5.91 Å². The van der Waals surface area contributed by atoms with Gasteiger partial charge in [-0.2, -0.15) is 0 Å². The van der Waals surface area contributed by atoms with Crippen molar-refractivity contribution in [3.05, 3.63) is 99.5 Å². The number of nitrogens with zero attached hydrogens (tertiary/aromatic N) is 2. The van der Waals surface area contributed by atoms with Crippen molar-refractivity contribution < 1.29 is 19.1 Å². The van der Waals surface area contributed by atoms with Gasteiger partial charge < -0.3 is 10.0 Å². The van der Waals surface area contributed by atoms with Crippen molar-refractivity contribution in [1.29, 1.82) is 0 Å². The first-order valence-electron chi connectivity index (χ1n) is 8.53. The minimum atomic E-state index is -1.02. The lowest BCUT2D eigenvalue weighted by molar-refractivity contribution is -0.130. The number of carbonyl (C=O) groups is 2. The van der Waals surface area contributed by atoms with Crippen LogP contribution < -0.4 is 0 Å². The molecule has 1 aliphatic rings. The molecule has 0 unspecified atom stereocenters. The zero-order valence-corrected chi connectivity index (χ0v) is 15.4. The molecule has 140 valence electrons. The molecule has 4 rings (SSSR count). The lowest BCUT2D eigenvalue weighted by atomic mass is 9.95. The highest BCUT2D eigenvalue weighted by Gasteiger charge is 2.44. The van der Waals surface area contributed by atoms with E-state index in [4.69, 9.17) is 0 Å². The summed E-state index contributed by atoms with van der Waals surface area (Å²) in [6.07, 6.45) is 3.19. The number of Topliss-reactive ketones (excluding diaryl/α,β-unsaturated/α-hetero) is 1. The summed E-state index contributed by atoms with van der Waals surface area (Å²) >= 11 is 1.20. The Morgan fingerprint density at radius 3 is 2.68 bits per heavy atom. The fourth-order valence-electron chi connectivity index (χ4n) is 3.30. The smallest absolute Gasteiger partial charge is 0.290 e. The second-order valence-electron chi connectivity index (χ2n) is 6.29. The lowest BCUT2D eigenvalue weighted by Gasteiger charge is -2.27. The number of halogens is 1. The molecule has 3 aromatic rings. The minimum absolute atomic E-state index is 0.0803. The van der Waals surface area contributed by atoms with E-state index < -0.39 is 29.3 Å². The SMILES string of the molecule is O=C(C1=C(O)C(=O)N(Cc2cccnc2)[C@@H]1c1ccccc1F)c1cccs1. The van der Waals surface area contributed by atoms with Crippen LogP contribution in [0.15, 0.2) is 77.6 Å². The number of carbonyl (C=O) groups excluding carboxylic acids is 2. The molecule has 2 aromatic heterocycles. The van der Waals surface area contributed by atoms with E-state index in [1.165, 1.54) is 34.4 Å². The maximum atomic E-state index is 14.6. The number of hydrogen-bond donors (Lipinski definition) is 1. The van der Waals surface area contributed by atoms with Crippen LogP contribution in [0.2, 0.25) is 0 Å². The highest BCUT2D eigenvalue weighted by Crippen LogP contribution is 2.41. The van der Waals surface area contributed by atoms with Crippen LogP contribution in [0.25, 0.3) is 0 Å². The molecule has 1 amide bonds. The van der Waals surface area contributed by atoms with Crippen LogP contribution in [0.3, 0.4) is 0 Å². The van der Waals surface area contributed by atoms with Gasteiger partial charge in [0.2, 0.25) is 5.78 Å². The largest absolute Gasteiger partial charge is 0.503 e. The highest BCUT2D eigenvalue weighted by atomic mass is 32.1. The third kappa shape index (κ3) is 3.10. The maximum Gasteiger partial charge on any atom is 0.290 e. The van der Waals surface area contributed by atoms with Gasteiger partial charge >= 0.3 is 0 Å². The Kier molecular flexibility index (Phi) is 4.75. The molecule has 0 fully saturated rings. The van der Waals surface area contributed by atoms with Crippen LogP contribution in [0.4, 0.5) is 4.39 Å². The van der Waals surface area contributed by atoms with E-state index in [2.05, 4.69) is 4.98 Å². The molecule has 1 aromatic carbocycles. The van der Waals surface area contributed by atoms with E-state index >= 15 is 0 Å². The first-order valence-corrected chi connectivity index (χ1v) is 9.41. The van der Waals surface area contributed by atoms with Gasteiger partial charge in [0.15, 0.2) is 5.76 Å². The average Bonchev–Trinajstić information content (AvgIpc) is 3.32. The van der Waals surface area contributed by atoms with Gasteiger partial charge in [-0.25, -0.2) is 4.39 Å². The summed E-state index contributed by atoms with van der Waals surface area (Å²) in [6.45, 7) is 0.0803. The molecule has 0 saturated carbocycles. The van der Waals surface area contributed by atoms with Crippen LogP contribution in [-0.4, -0.2) is 26.7 Å². The van der Waals surface area contributed by atoms with Crippen LogP contribution in [0.1, 0.15) is 26.8 Å². The average molecular weight is 394 g/mol. The zero-order valence-electron chi connectivity index (χ0n) is 14.6. The molecule has 0 spiro atoms. The molecule has 0 radical (unpaired) electrons. The molecular weight excluding hydrogens is 379 g/mol. The van der Waals surface area contributed by atoms with Gasteiger partial charge in [-0.3, -0.25) is 14.6 Å². The van der Waals surface area contributed by atoms with Gasteiger partial charge in [0, 0.05) is 24.5 Å². The predicted octanol–water partition coefficient (Wildman–Crippen LogP) is 4.06. The van der Waals surface area contributed by atoms with E-state index in [9.17, 15) is 19.1 Å². The quantitative estimate of drug-likeness (QED) is 0.663. The minimum Gasteiger partial charge on any atom is -0.503 e. The molecule has 0 aliphatic carbocycles. The Hall–Kier alpha value is -3.32. The van der Waals surface area contributed by atoms with Gasteiger partial charge in [0.05, 0.1) is 16.5 Å². The summed E-state index contributed by atoms with van der Waals surface area (Å²) in [5.74, 6) is -2.39. The van der Waals surface area contributed by atoms with E-state index in [1.54, 1.807) is 48.1 Å². The molecule has 5 nitrogen and oxygen atoms in total. The topological polar surface area (TPSA) is 70.5 Å². The van der Waals surface area contributed by atoms with Gasteiger partial charge in [-0.05, 0) is 29.1 Å². The summed E-state index contributed by atoms with van der Waals surface area (Å²) < 4.78 is 14.6. The van der Waals surface area contributed by atoms with Crippen LogP contribution in [0, 0.1) is 5.82 Å². The van der Waals surface area contributed by atoms with Crippen LogP contribution >= 0.6 is 11.3 Å². The van der Waals surface area contributed by atoms with E-state index in [0.29, 0.717) is 10.4 Å². The molecule has 28 heavy (non-hydrogen) atoms. The van der Waals surface area contributed by atoms with E-state index in [0.717, 1.165) is 0 Å². The molecular formula is C21H15FN2O3S. The van der Waals surface area contributed by atoms with Crippen LogP contribution in [0.5, 0.6) is 0 Å². The molecule has 1 aliphatic heterocycles. The molecule has 3 heterocycles. The van der Waals surface area contributed by atoms with E-state index in [-0.39, 0.29) is 17.7 Å². The van der Waals surface area contributed by atoms with E-state index in [1.807, 2.05) is 0 Å². The number of benzene rings is 1. The Morgan fingerprint density at radius 2 is 2.00 bits per heavy atom. The summed E-state index contributed by atoms with van der Waals surface area (Å²) in [5, 5.41) is 12.3. The summed E-state index contributed by atoms with van der Waals surface area (Å²) in [6, 6.07) is 11.7. The second kappa shape index (κ2) is 7.36. The first kappa shape index (κ1) is 18.1. The Bertz CT molecular complexity index is 1060. The fraction of sp³-hybridized carbons (Fsp3) is 0.0952. The summed E-state index contributed by atoms with van der Waals surface area (Å²) in [7, 11) is 0. The van der Waals surface area contributed by atoms with Gasteiger partial charge in [-0.15, -0.1) is 11.3 Å². The number of ketones is 1. The Labute approximate surface area is 164 Å². The van der Waals surface area contributed by atoms with Crippen molar-refractivity contribution in [1.82, 2.24) is 9.88 Å². The molecule has 1 N–H and O–H groups in total. The Morgan fingerprint density at radius 1 is 1.18 bits per heavy atom. The third-order valence-electron chi connectivity index (χ3n) is 4.57. The normalized spacial score (nSPS) is 16.7. The van der Waals surface area contributed by atoms with Crippen molar-refractivity contribution in [2.45, 2.75) is 12.6 Å². The predicted molar refractivity (Wildman–Crippen MR) is 102 cm³/mol. The number of amides is 1. The number of hydrogen-bond acceptors (Lipinski definition) is 5. The Balaban J connectivity index is 1.82. The second-order valence-corrected chi connectivity index (χ2v) is 7.23.